The van der Waals surface area contributed by atoms with Crippen molar-refractivity contribution in [3.8, 4) is 10.6 Å². The second kappa shape index (κ2) is 4.78. The number of pyridine rings is 1. The molecule has 3 rings (SSSR count). The van der Waals surface area contributed by atoms with Gasteiger partial charge in [-0.15, -0.1) is 0 Å². The summed E-state index contributed by atoms with van der Waals surface area (Å²) < 4.78 is 0. The lowest BCUT2D eigenvalue weighted by Crippen LogP contribution is -2.05. The van der Waals surface area contributed by atoms with Crippen molar-refractivity contribution < 1.29 is 4.79 Å². The van der Waals surface area contributed by atoms with Gasteiger partial charge in [0.2, 0.25) is 5.91 Å². The fourth-order valence-corrected chi connectivity index (χ4v) is 2.71. The van der Waals surface area contributed by atoms with Crippen LogP contribution in [0.2, 0.25) is 0 Å². The molecule has 0 saturated carbocycles. The number of carbonyl (C=O) groups excluding carboxylic acids is 1. The lowest BCUT2D eigenvalue weighted by atomic mass is 10.2. The van der Waals surface area contributed by atoms with E-state index >= 15 is 0 Å². The van der Waals surface area contributed by atoms with Crippen LogP contribution in [0.4, 0.5) is 5.69 Å². The van der Waals surface area contributed by atoms with E-state index in [1.54, 1.807) is 17.5 Å². The molecular formula is C14H11N3OS. The number of carbonyl (C=O) groups is 1. The van der Waals surface area contributed by atoms with Crippen LogP contribution in [0.3, 0.4) is 0 Å². The molecule has 0 fully saturated rings. The summed E-state index contributed by atoms with van der Waals surface area (Å²) in [5, 5.41) is 3.68. The maximum Gasteiger partial charge on any atom is 0.221 e. The van der Waals surface area contributed by atoms with Gasteiger partial charge >= 0.3 is 0 Å². The molecule has 2 aromatic heterocycles. The molecule has 0 aliphatic rings. The predicted molar refractivity (Wildman–Crippen MR) is 77.2 cm³/mol. The molecule has 3 aromatic rings. The van der Waals surface area contributed by atoms with Gasteiger partial charge in [0.25, 0.3) is 0 Å². The molecule has 5 heteroatoms. The Morgan fingerprint density at radius 1 is 1.21 bits per heavy atom. The maximum absolute atomic E-state index is 11.0. The summed E-state index contributed by atoms with van der Waals surface area (Å²) >= 11 is 1.56. The van der Waals surface area contributed by atoms with E-state index in [0.29, 0.717) is 0 Å². The summed E-state index contributed by atoms with van der Waals surface area (Å²) in [6, 6.07) is 11.5. The summed E-state index contributed by atoms with van der Waals surface area (Å²) in [5.74, 6) is -0.0723. The number of hydrogen-bond acceptors (Lipinski definition) is 4. The number of nitrogens with zero attached hydrogens (tertiary/aromatic N) is 2. The molecule has 0 spiro atoms. The van der Waals surface area contributed by atoms with E-state index < -0.39 is 0 Å². The maximum atomic E-state index is 11.0. The topological polar surface area (TPSA) is 54.9 Å². The van der Waals surface area contributed by atoms with Crippen molar-refractivity contribution in [2.45, 2.75) is 6.92 Å². The zero-order valence-electron chi connectivity index (χ0n) is 10.3. The summed E-state index contributed by atoms with van der Waals surface area (Å²) in [6.07, 6.45) is 1.77. The van der Waals surface area contributed by atoms with E-state index in [1.165, 1.54) is 6.92 Å². The minimum absolute atomic E-state index is 0.0723. The monoisotopic (exact) mass is 269 g/mol. The molecule has 94 valence electrons. The number of rotatable bonds is 2. The SMILES string of the molecule is CC(=O)Nc1ccc(-c2nc3cccnc3s2)cc1. The third-order valence-electron chi connectivity index (χ3n) is 2.62. The molecule has 0 saturated heterocycles. The molecule has 0 aliphatic heterocycles. The highest BCUT2D eigenvalue weighted by Crippen LogP contribution is 2.29. The first-order valence-electron chi connectivity index (χ1n) is 5.82. The van der Waals surface area contributed by atoms with Crippen LogP contribution in [0.15, 0.2) is 42.6 Å². The molecule has 2 heterocycles. The van der Waals surface area contributed by atoms with Gasteiger partial charge in [0.05, 0.1) is 0 Å². The first-order chi connectivity index (χ1) is 9.22. The summed E-state index contributed by atoms with van der Waals surface area (Å²) in [5.41, 5.74) is 2.72. The van der Waals surface area contributed by atoms with Gasteiger partial charge in [0.15, 0.2) is 0 Å². The molecule has 1 N–H and O–H groups in total. The molecule has 1 amide bonds. The Balaban J connectivity index is 1.95. The summed E-state index contributed by atoms with van der Waals surface area (Å²) in [7, 11) is 0. The van der Waals surface area contributed by atoms with E-state index in [4.69, 9.17) is 0 Å². The number of anilines is 1. The normalized spacial score (nSPS) is 10.6. The molecule has 0 unspecified atom stereocenters. The second-order valence-corrected chi connectivity index (χ2v) is 5.08. The van der Waals surface area contributed by atoms with E-state index in [1.807, 2.05) is 36.4 Å². The quantitative estimate of drug-likeness (QED) is 0.776. The lowest BCUT2D eigenvalue weighted by Gasteiger charge is -2.02. The molecule has 19 heavy (non-hydrogen) atoms. The first kappa shape index (κ1) is 11.8. The van der Waals surface area contributed by atoms with Gasteiger partial charge in [-0.1, -0.05) is 11.3 Å². The van der Waals surface area contributed by atoms with Crippen molar-refractivity contribution in [2.24, 2.45) is 0 Å². The van der Waals surface area contributed by atoms with Gasteiger partial charge in [-0.05, 0) is 36.4 Å². The summed E-state index contributed by atoms with van der Waals surface area (Å²) in [6.45, 7) is 1.49. The summed E-state index contributed by atoms with van der Waals surface area (Å²) in [4.78, 5) is 20.7. The van der Waals surface area contributed by atoms with Crippen LogP contribution < -0.4 is 5.32 Å². The van der Waals surface area contributed by atoms with Gasteiger partial charge in [0, 0.05) is 24.4 Å². The molecule has 0 aliphatic carbocycles. The Morgan fingerprint density at radius 3 is 2.68 bits per heavy atom. The number of thiazole rings is 1. The zero-order chi connectivity index (χ0) is 13.2. The first-order valence-corrected chi connectivity index (χ1v) is 6.63. The van der Waals surface area contributed by atoms with Crippen LogP contribution in [0.5, 0.6) is 0 Å². The van der Waals surface area contributed by atoms with Gasteiger partial charge in [0.1, 0.15) is 15.4 Å². The van der Waals surface area contributed by atoms with Crippen molar-refractivity contribution in [1.29, 1.82) is 0 Å². The van der Waals surface area contributed by atoms with Crippen LogP contribution in [0.1, 0.15) is 6.92 Å². The number of hydrogen-bond donors (Lipinski definition) is 1. The van der Waals surface area contributed by atoms with Gasteiger partial charge < -0.3 is 5.32 Å². The second-order valence-electron chi connectivity index (χ2n) is 4.11. The van der Waals surface area contributed by atoms with Crippen molar-refractivity contribution in [3.05, 3.63) is 42.6 Å². The Kier molecular flexibility index (Phi) is 2.97. The van der Waals surface area contributed by atoms with E-state index in [0.717, 1.165) is 26.6 Å². The van der Waals surface area contributed by atoms with E-state index in [-0.39, 0.29) is 5.91 Å². The van der Waals surface area contributed by atoms with Crippen molar-refractivity contribution in [1.82, 2.24) is 9.97 Å². The number of benzene rings is 1. The van der Waals surface area contributed by atoms with Crippen LogP contribution in [0.25, 0.3) is 20.9 Å². The number of aromatic nitrogens is 2. The number of amides is 1. The standard InChI is InChI=1S/C14H11N3OS/c1-9(18)16-11-6-4-10(5-7-11)13-17-12-3-2-8-15-14(12)19-13/h2-8H,1H3,(H,16,18). The van der Waals surface area contributed by atoms with Crippen LogP contribution in [-0.2, 0) is 4.79 Å². The highest BCUT2D eigenvalue weighted by Gasteiger charge is 2.06. The number of nitrogens with one attached hydrogen (secondary N) is 1. The number of fused-ring (bicyclic) bond motifs is 1. The average Bonchev–Trinajstić information content (AvgIpc) is 2.82. The smallest absolute Gasteiger partial charge is 0.221 e. The van der Waals surface area contributed by atoms with E-state index in [2.05, 4.69) is 15.3 Å². The van der Waals surface area contributed by atoms with Crippen LogP contribution in [-0.4, -0.2) is 15.9 Å². The van der Waals surface area contributed by atoms with Crippen LogP contribution >= 0.6 is 11.3 Å². The van der Waals surface area contributed by atoms with Crippen molar-refractivity contribution >= 4 is 33.3 Å². The van der Waals surface area contributed by atoms with Gasteiger partial charge in [-0.3, -0.25) is 4.79 Å². The third-order valence-corrected chi connectivity index (χ3v) is 3.65. The van der Waals surface area contributed by atoms with Crippen molar-refractivity contribution in [3.63, 3.8) is 0 Å². The van der Waals surface area contributed by atoms with Gasteiger partial charge in [-0.2, -0.15) is 0 Å². The minimum atomic E-state index is -0.0723. The van der Waals surface area contributed by atoms with Gasteiger partial charge in [-0.25, -0.2) is 9.97 Å². The minimum Gasteiger partial charge on any atom is -0.326 e. The molecule has 0 bridgehead atoms. The highest BCUT2D eigenvalue weighted by molar-refractivity contribution is 7.21. The fourth-order valence-electron chi connectivity index (χ4n) is 1.79. The highest BCUT2D eigenvalue weighted by atomic mass is 32.1. The Bertz CT molecular complexity index is 701. The molecule has 0 atom stereocenters. The predicted octanol–water partition coefficient (Wildman–Crippen LogP) is 3.32. The largest absolute Gasteiger partial charge is 0.326 e. The average molecular weight is 269 g/mol. The van der Waals surface area contributed by atoms with E-state index in [9.17, 15) is 4.79 Å². The third kappa shape index (κ3) is 2.46. The zero-order valence-corrected chi connectivity index (χ0v) is 11.1. The van der Waals surface area contributed by atoms with Crippen molar-refractivity contribution in [2.75, 3.05) is 5.32 Å². The Morgan fingerprint density at radius 2 is 2.00 bits per heavy atom. The fraction of sp³-hybridized carbons (Fsp3) is 0.0714. The van der Waals surface area contributed by atoms with Crippen LogP contribution in [0, 0.1) is 0 Å². The molecule has 1 aromatic carbocycles. The molecule has 4 nitrogen and oxygen atoms in total. The molecule has 0 radical (unpaired) electrons. The Labute approximate surface area is 114 Å². The lowest BCUT2D eigenvalue weighted by molar-refractivity contribution is -0.114. The Hall–Kier alpha value is -2.27. The molecular weight excluding hydrogens is 258 g/mol.